The average molecular weight is 521 g/mol. The summed E-state index contributed by atoms with van der Waals surface area (Å²) in [4.78, 5) is 10.5. The SMILES string of the molecule is Cc1ccc([N+]2=NC(c3ccc([N+](=O)[O-])cc3)=NN(c3ccccc3)C2)cc1.O=S(=O)([O-])C(F)(F)F. The van der Waals surface area contributed by atoms with Crippen molar-refractivity contribution in [3.63, 3.8) is 0 Å². The van der Waals surface area contributed by atoms with E-state index in [1.54, 1.807) is 12.1 Å². The number of azo groups is 2. The molecular weight excluding hydrogens is 503 g/mol. The Morgan fingerprint density at radius 3 is 2.03 bits per heavy atom. The van der Waals surface area contributed by atoms with E-state index in [-0.39, 0.29) is 5.69 Å². The fourth-order valence-corrected chi connectivity index (χ4v) is 2.88. The molecule has 0 spiro atoms. The standard InChI is InChI=1S/C21H18N5O2.CHF3O3S/c1-16-7-11-19(12-8-16)25-15-24(18-5-3-2-4-6-18)22-21(23-25)17-9-13-20(14-10-17)26(27)28;2-1(3,4)8(5,6)7/h2-14H,15H2,1H3;(H,5,6,7)/q+1;/p-1. The van der Waals surface area contributed by atoms with Crippen LogP contribution >= 0.6 is 0 Å². The first-order valence-corrected chi connectivity index (χ1v) is 11.5. The minimum absolute atomic E-state index is 0.0375. The van der Waals surface area contributed by atoms with Gasteiger partial charge in [-0.2, -0.15) is 13.2 Å². The number of nitrogens with zero attached hydrogens (tertiary/aromatic N) is 5. The fraction of sp³-hybridized carbons (Fsp3) is 0.136. The number of anilines is 1. The third-order valence-corrected chi connectivity index (χ3v) is 5.27. The molecule has 0 unspecified atom stereocenters. The number of hydrogen-bond donors (Lipinski definition) is 0. The molecule has 0 bridgehead atoms. The van der Waals surface area contributed by atoms with E-state index in [1.165, 1.54) is 17.7 Å². The molecule has 188 valence electrons. The monoisotopic (exact) mass is 521 g/mol. The first kappa shape index (κ1) is 26.4. The number of nitro benzene ring substituents is 1. The van der Waals surface area contributed by atoms with E-state index < -0.39 is 20.5 Å². The van der Waals surface area contributed by atoms with Crippen LogP contribution in [0, 0.1) is 17.0 Å². The van der Waals surface area contributed by atoms with Crippen molar-refractivity contribution in [1.29, 1.82) is 0 Å². The molecule has 0 amide bonds. The topological polar surface area (TPSA) is 131 Å². The molecule has 3 aromatic rings. The second-order valence-electron chi connectivity index (χ2n) is 7.34. The van der Waals surface area contributed by atoms with Crippen LogP contribution in [0.25, 0.3) is 0 Å². The van der Waals surface area contributed by atoms with Crippen LogP contribution < -0.4 is 5.01 Å². The molecule has 0 radical (unpaired) electrons. The molecule has 0 fully saturated rings. The van der Waals surface area contributed by atoms with Crippen molar-refractivity contribution < 1.29 is 35.8 Å². The molecule has 0 aliphatic carbocycles. The van der Waals surface area contributed by atoms with Gasteiger partial charge in [0, 0.05) is 34.9 Å². The molecule has 1 aliphatic heterocycles. The number of benzene rings is 3. The zero-order valence-corrected chi connectivity index (χ0v) is 19.3. The van der Waals surface area contributed by atoms with Gasteiger partial charge in [0.2, 0.25) is 11.5 Å². The van der Waals surface area contributed by atoms with E-state index in [0.29, 0.717) is 18.1 Å². The largest absolute Gasteiger partial charge is 0.741 e. The van der Waals surface area contributed by atoms with E-state index >= 15 is 0 Å². The molecule has 14 heteroatoms. The van der Waals surface area contributed by atoms with Crippen molar-refractivity contribution in [2.75, 3.05) is 11.7 Å². The molecule has 36 heavy (non-hydrogen) atoms. The van der Waals surface area contributed by atoms with Gasteiger partial charge < -0.3 is 4.55 Å². The maximum absolute atomic E-state index is 10.9. The quantitative estimate of drug-likeness (QED) is 0.158. The Kier molecular flexibility index (Phi) is 7.80. The van der Waals surface area contributed by atoms with E-state index in [1.807, 2.05) is 71.2 Å². The van der Waals surface area contributed by atoms with Crippen LogP contribution in [-0.2, 0) is 10.1 Å². The van der Waals surface area contributed by atoms with E-state index in [2.05, 4.69) is 10.2 Å². The summed E-state index contributed by atoms with van der Waals surface area (Å²) in [6.45, 7) is 2.50. The molecule has 0 atom stereocenters. The van der Waals surface area contributed by atoms with Gasteiger partial charge in [0.15, 0.2) is 10.1 Å². The second kappa shape index (κ2) is 10.6. The summed E-state index contributed by atoms with van der Waals surface area (Å²) in [6, 6.07) is 24.2. The number of para-hydroxylation sites is 1. The summed E-state index contributed by atoms with van der Waals surface area (Å²) >= 11 is 0. The molecule has 1 aliphatic rings. The van der Waals surface area contributed by atoms with Gasteiger partial charge in [-0.15, -0.1) is 5.10 Å². The summed E-state index contributed by atoms with van der Waals surface area (Å²) in [5.41, 5.74) is -1.84. The van der Waals surface area contributed by atoms with Crippen molar-refractivity contribution in [2.45, 2.75) is 12.4 Å². The van der Waals surface area contributed by atoms with Gasteiger partial charge in [-0.1, -0.05) is 40.6 Å². The van der Waals surface area contributed by atoms with Crippen LogP contribution in [0.4, 0.5) is 30.2 Å². The number of non-ortho nitro benzene ring substituents is 1. The average Bonchev–Trinajstić information content (AvgIpc) is 2.84. The first-order chi connectivity index (χ1) is 16.8. The first-order valence-electron chi connectivity index (χ1n) is 10.1. The molecule has 0 aromatic heterocycles. The number of nitro groups is 1. The second-order valence-corrected chi connectivity index (χ2v) is 8.71. The predicted octanol–water partition coefficient (Wildman–Crippen LogP) is 4.89. The third-order valence-electron chi connectivity index (χ3n) is 4.70. The molecule has 0 N–H and O–H groups in total. The lowest BCUT2D eigenvalue weighted by molar-refractivity contribution is -0.508. The van der Waals surface area contributed by atoms with Gasteiger partial charge >= 0.3 is 5.51 Å². The highest BCUT2D eigenvalue weighted by Crippen LogP contribution is 2.24. The summed E-state index contributed by atoms with van der Waals surface area (Å²) in [5, 5.41) is 22.1. The van der Waals surface area contributed by atoms with Crippen LogP contribution in [0.5, 0.6) is 0 Å². The lowest BCUT2D eigenvalue weighted by atomic mass is 10.2. The molecule has 0 saturated heterocycles. The number of hydrazone groups is 1. The normalized spacial score (nSPS) is 13.8. The zero-order chi connectivity index (χ0) is 26.5. The van der Waals surface area contributed by atoms with Crippen molar-refractivity contribution in [3.05, 3.63) is 100 Å². The van der Waals surface area contributed by atoms with Crippen LogP contribution in [-0.4, -0.2) is 40.6 Å². The Balaban J connectivity index is 0.000000392. The number of aryl methyl sites for hydroxylation is 1. The number of hydrogen-bond acceptors (Lipinski definition) is 8. The maximum atomic E-state index is 10.9. The summed E-state index contributed by atoms with van der Waals surface area (Å²) in [7, 11) is -6.09. The number of amidine groups is 1. The van der Waals surface area contributed by atoms with Crippen LogP contribution in [0.2, 0.25) is 0 Å². The number of halogens is 3. The van der Waals surface area contributed by atoms with Crippen LogP contribution in [0.3, 0.4) is 0 Å². The zero-order valence-electron chi connectivity index (χ0n) is 18.5. The lowest BCUT2D eigenvalue weighted by Gasteiger charge is -2.20. The number of rotatable bonds is 4. The Morgan fingerprint density at radius 1 is 0.972 bits per heavy atom. The maximum Gasteiger partial charge on any atom is 0.485 e. The molecule has 4 rings (SSSR count). The van der Waals surface area contributed by atoms with Gasteiger partial charge in [-0.3, -0.25) is 10.1 Å². The summed E-state index contributed by atoms with van der Waals surface area (Å²) < 4.78 is 60.8. The predicted molar refractivity (Wildman–Crippen MR) is 123 cm³/mol. The van der Waals surface area contributed by atoms with Crippen molar-refractivity contribution in [1.82, 2.24) is 0 Å². The Labute approximate surface area is 203 Å². The van der Waals surface area contributed by atoms with Gasteiger partial charge in [0.1, 0.15) is 0 Å². The fourth-order valence-electron chi connectivity index (χ4n) is 2.88. The summed E-state index contributed by atoms with van der Waals surface area (Å²) in [5.74, 6) is 0.491. The number of alkyl halides is 3. The Bertz CT molecular complexity index is 1390. The molecule has 3 aromatic carbocycles. The van der Waals surface area contributed by atoms with Crippen molar-refractivity contribution >= 4 is 33.0 Å². The highest BCUT2D eigenvalue weighted by atomic mass is 32.2. The minimum Gasteiger partial charge on any atom is -0.741 e. The molecular formula is C22H18F3N5O5S. The van der Waals surface area contributed by atoms with Crippen molar-refractivity contribution in [2.24, 2.45) is 10.2 Å². The van der Waals surface area contributed by atoms with Crippen molar-refractivity contribution in [3.8, 4) is 0 Å². The van der Waals surface area contributed by atoms with Gasteiger partial charge in [0.05, 0.1) is 10.6 Å². The highest BCUT2D eigenvalue weighted by molar-refractivity contribution is 7.86. The summed E-state index contributed by atoms with van der Waals surface area (Å²) in [6.07, 6.45) is 0. The van der Waals surface area contributed by atoms with E-state index in [0.717, 1.165) is 11.4 Å². The lowest BCUT2D eigenvalue weighted by Crippen LogP contribution is -2.31. The molecule has 1 heterocycles. The van der Waals surface area contributed by atoms with Gasteiger partial charge in [-0.25, -0.2) is 13.4 Å². The third kappa shape index (κ3) is 6.70. The molecule has 10 nitrogen and oxygen atoms in total. The Hall–Kier alpha value is -4.17. The Morgan fingerprint density at radius 2 is 1.53 bits per heavy atom. The smallest absolute Gasteiger partial charge is 0.485 e. The van der Waals surface area contributed by atoms with Crippen LogP contribution in [0.1, 0.15) is 11.1 Å². The minimum atomic E-state index is -6.09. The van der Waals surface area contributed by atoms with Gasteiger partial charge in [-0.05, 0) is 31.2 Å². The highest BCUT2D eigenvalue weighted by Gasteiger charge is 2.37. The van der Waals surface area contributed by atoms with Gasteiger partial charge in [0.25, 0.3) is 12.4 Å². The van der Waals surface area contributed by atoms with E-state index in [9.17, 15) is 23.3 Å². The van der Waals surface area contributed by atoms with E-state index in [4.69, 9.17) is 13.0 Å². The molecule has 0 saturated carbocycles. The van der Waals surface area contributed by atoms with Crippen LogP contribution in [0.15, 0.2) is 89.1 Å².